The molecule has 0 amide bonds. The molecule has 0 aliphatic carbocycles. The van der Waals surface area contributed by atoms with Crippen LogP contribution in [0.1, 0.15) is 77.0 Å². The maximum absolute atomic E-state index is 10.3. The Morgan fingerprint density at radius 2 is 1.48 bits per heavy atom. The zero-order valence-corrected chi connectivity index (χ0v) is 14.7. The molecule has 1 heteroatoms. The largest absolute Gasteiger partial charge is 0.508 e. The van der Waals surface area contributed by atoms with Crippen molar-refractivity contribution in [3.05, 3.63) is 28.8 Å². The molecule has 0 atom stereocenters. The molecule has 120 valence electrons. The maximum Gasteiger partial charge on any atom is 0.119 e. The van der Waals surface area contributed by atoms with Gasteiger partial charge in [-0.25, -0.2) is 0 Å². The van der Waals surface area contributed by atoms with E-state index in [1.165, 1.54) is 36.0 Å². The molecule has 1 aromatic rings. The summed E-state index contributed by atoms with van der Waals surface area (Å²) in [6, 6.07) is 4.07. The lowest BCUT2D eigenvalue weighted by molar-refractivity contribution is 0.463. The maximum atomic E-state index is 10.3. The highest BCUT2D eigenvalue weighted by atomic mass is 16.3. The average molecular weight is 290 g/mol. The van der Waals surface area contributed by atoms with E-state index >= 15 is 0 Å². The van der Waals surface area contributed by atoms with Crippen LogP contribution in [0.5, 0.6) is 5.75 Å². The molecule has 0 unspecified atom stereocenters. The number of hydrogen-bond acceptors (Lipinski definition) is 1. The van der Waals surface area contributed by atoms with Crippen molar-refractivity contribution in [2.24, 2.45) is 11.8 Å². The molecular weight excluding hydrogens is 256 g/mol. The summed E-state index contributed by atoms with van der Waals surface area (Å²) in [4.78, 5) is 0. The number of phenolic OH excluding ortho intramolecular Hbond substituents is 1. The predicted octanol–water partition coefficient (Wildman–Crippen LogP) is 5.91. The minimum atomic E-state index is 0.510. The highest BCUT2D eigenvalue weighted by molar-refractivity contribution is 5.45. The lowest BCUT2D eigenvalue weighted by Crippen LogP contribution is -2.05. The molecule has 0 saturated heterocycles. The first-order chi connectivity index (χ1) is 9.95. The fourth-order valence-electron chi connectivity index (χ4n) is 2.78. The molecule has 0 saturated carbocycles. The minimum absolute atomic E-state index is 0.510. The molecule has 1 N–H and O–H groups in total. The molecule has 0 aliphatic rings. The van der Waals surface area contributed by atoms with E-state index in [0.717, 1.165) is 31.6 Å². The van der Waals surface area contributed by atoms with Crippen LogP contribution in [-0.2, 0) is 19.3 Å². The van der Waals surface area contributed by atoms with Gasteiger partial charge in [0.1, 0.15) is 5.75 Å². The van der Waals surface area contributed by atoms with Gasteiger partial charge in [-0.05, 0) is 73.1 Å². The number of benzene rings is 1. The Kier molecular flexibility index (Phi) is 7.85. The second kappa shape index (κ2) is 9.12. The van der Waals surface area contributed by atoms with E-state index in [9.17, 15) is 5.11 Å². The summed E-state index contributed by atoms with van der Waals surface area (Å²) in [6.45, 7) is 11.3. The highest BCUT2D eigenvalue weighted by Crippen LogP contribution is 2.29. The molecule has 0 heterocycles. The summed E-state index contributed by atoms with van der Waals surface area (Å²) in [6.07, 6.45) is 8.05. The highest BCUT2D eigenvalue weighted by Gasteiger charge is 2.13. The molecular formula is C20H34O. The first-order valence-corrected chi connectivity index (χ1v) is 8.78. The van der Waals surface area contributed by atoms with Crippen LogP contribution in [0.4, 0.5) is 0 Å². The molecule has 0 spiro atoms. The summed E-state index contributed by atoms with van der Waals surface area (Å²) in [7, 11) is 0. The van der Waals surface area contributed by atoms with Crippen LogP contribution in [0, 0.1) is 11.8 Å². The monoisotopic (exact) mass is 290 g/mol. The van der Waals surface area contributed by atoms with Gasteiger partial charge in [0.15, 0.2) is 0 Å². The SMILES string of the molecule is CCCCc1c(O)ccc(CCC(C)C)c1CCC(C)C. The average Bonchev–Trinajstić information content (AvgIpc) is 2.42. The number of rotatable bonds is 9. The summed E-state index contributed by atoms with van der Waals surface area (Å²) in [5.41, 5.74) is 4.13. The minimum Gasteiger partial charge on any atom is -0.508 e. The molecule has 0 aromatic heterocycles. The number of aromatic hydroxyl groups is 1. The Bertz CT molecular complexity index is 418. The predicted molar refractivity (Wildman–Crippen MR) is 93.0 cm³/mol. The van der Waals surface area contributed by atoms with Crippen molar-refractivity contribution in [1.29, 1.82) is 0 Å². The normalized spacial score (nSPS) is 11.6. The van der Waals surface area contributed by atoms with Crippen molar-refractivity contribution in [3.8, 4) is 5.75 Å². The molecule has 21 heavy (non-hydrogen) atoms. The van der Waals surface area contributed by atoms with Crippen LogP contribution < -0.4 is 0 Å². The molecule has 1 nitrogen and oxygen atoms in total. The molecule has 0 fully saturated rings. The molecule has 0 aliphatic heterocycles. The molecule has 1 rings (SSSR count). The van der Waals surface area contributed by atoms with Crippen LogP contribution in [0.25, 0.3) is 0 Å². The van der Waals surface area contributed by atoms with Crippen molar-refractivity contribution in [2.75, 3.05) is 0 Å². The number of hydrogen-bond donors (Lipinski definition) is 1. The lowest BCUT2D eigenvalue weighted by atomic mass is 9.88. The third-order valence-corrected chi connectivity index (χ3v) is 4.25. The van der Waals surface area contributed by atoms with Gasteiger partial charge in [-0.1, -0.05) is 47.1 Å². The van der Waals surface area contributed by atoms with Gasteiger partial charge in [-0.3, -0.25) is 0 Å². The Morgan fingerprint density at radius 3 is 2.05 bits per heavy atom. The van der Waals surface area contributed by atoms with E-state index in [1.807, 2.05) is 6.07 Å². The van der Waals surface area contributed by atoms with E-state index < -0.39 is 0 Å². The number of unbranched alkanes of at least 4 members (excludes halogenated alkanes) is 1. The van der Waals surface area contributed by atoms with Crippen molar-refractivity contribution in [2.45, 2.75) is 79.6 Å². The van der Waals surface area contributed by atoms with Gasteiger partial charge in [-0.2, -0.15) is 0 Å². The van der Waals surface area contributed by atoms with Crippen molar-refractivity contribution in [1.82, 2.24) is 0 Å². The van der Waals surface area contributed by atoms with Crippen molar-refractivity contribution in [3.63, 3.8) is 0 Å². The van der Waals surface area contributed by atoms with E-state index in [2.05, 4.69) is 40.7 Å². The second-order valence-electron chi connectivity index (χ2n) is 7.17. The standard InChI is InChI=1S/C20H34O/c1-6-7-8-19-18(13-10-16(4)5)17(11-9-15(2)3)12-14-20(19)21/h12,14-16,21H,6-11,13H2,1-5H3. The topological polar surface area (TPSA) is 20.2 Å². The molecule has 0 bridgehead atoms. The Morgan fingerprint density at radius 1 is 0.857 bits per heavy atom. The van der Waals surface area contributed by atoms with Crippen molar-refractivity contribution < 1.29 is 5.11 Å². The van der Waals surface area contributed by atoms with E-state index in [-0.39, 0.29) is 0 Å². The van der Waals surface area contributed by atoms with Crippen LogP contribution in [0.15, 0.2) is 12.1 Å². The van der Waals surface area contributed by atoms with Gasteiger partial charge in [0.2, 0.25) is 0 Å². The van der Waals surface area contributed by atoms with Crippen LogP contribution in [0.2, 0.25) is 0 Å². The third kappa shape index (κ3) is 6.11. The van der Waals surface area contributed by atoms with Gasteiger partial charge in [0.25, 0.3) is 0 Å². The van der Waals surface area contributed by atoms with Crippen molar-refractivity contribution >= 4 is 0 Å². The fourth-order valence-corrected chi connectivity index (χ4v) is 2.78. The lowest BCUT2D eigenvalue weighted by Gasteiger charge is -2.18. The summed E-state index contributed by atoms with van der Waals surface area (Å²) in [5, 5.41) is 10.3. The van der Waals surface area contributed by atoms with Crippen LogP contribution in [-0.4, -0.2) is 5.11 Å². The first-order valence-electron chi connectivity index (χ1n) is 8.78. The van der Waals surface area contributed by atoms with Crippen LogP contribution in [0.3, 0.4) is 0 Å². The zero-order chi connectivity index (χ0) is 15.8. The second-order valence-corrected chi connectivity index (χ2v) is 7.17. The summed E-state index contributed by atoms with van der Waals surface area (Å²) < 4.78 is 0. The van der Waals surface area contributed by atoms with E-state index in [1.54, 1.807) is 0 Å². The van der Waals surface area contributed by atoms with Gasteiger partial charge in [0, 0.05) is 0 Å². The Hall–Kier alpha value is -0.980. The first kappa shape index (κ1) is 18.1. The van der Waals surface area contributed by atoms with Gasteiger partial charge in [-0.15, -0.1) is 0 Å². The quantitative estimate of drug-likeness (QED) is 0.599. The number of phenols is 1. The smallest absolute Gasteiger partial charge is 0.119 e. The van der Waals surface area contributed by atoms with Gasteiger partial charge >= 0.3 is 0 Å². The fraction of sp³-hybridized carbons (Fsp3) is 0.700. The Labute approximate surface area is 131 Å². The molecule has 0 radical (unpaired) electrons. The van der Waals surface area contributed by atoms with E-state index in [0.29, 0.717) is 11.7 Å². The zero-order valence-electron chi connectivity index (χ0n) is 14.7. The Balaban J connectivity index is 3.03. The van der Waals surface area contributed by atoms with Gasteiger partial charge < -0.3 is 5.11 Å². The summed E-state index contributed by atoms with van der Waals surface area (Å²) in [5.74, 6) is 1.95. The summed E-state index contributed by atoms with van der Waals surface area (Å²) >= 11 is 0. The number of aryl methyl sites for hydroxylation is 1. The van der Waals surface area contributed by atoms with Gasteiger partial charge in [0.05, 0.1) is 0 Å². The van der Waals surface area contributed by atoms with E-state index in [4.69, 9.17) is 0 Å². The van der Waals surface area contributed by atoms with Crippen LogP contribution >= 0.6 is 0 Å². The molecule has 1 aromatic carbocycles. The third-order valence-electron chi connectivity index (χ3n) is 4.25.